The Morgan fingerprint density at radius 3 is 2.36 bits per heavy atom. The highest BCUT2D eigenvalue weighted by atomic mass is 16.2. The van der Waals surface area contributed by atoms with E-state index in [9.17, 15) is 9.59 Å². The third kappa shape index (κ3) is 6.67. The van der Waals surface area contributed by atoms with Gasteiger partial charge in [0.2, 0.25) is 5.91 Å². The molecule has 1 aliphatic rings. The lowest BCUT2D eigenvalue weighted by atomic mass is 9.96. The molecule has 0 bridgehead atoms. The first-order valence-corrected chi connectivity index (χ1v) is 8.65. The van der Waals surface area contributed by atoms with Crippen molar-refractivity contribution in [2.45, 2.75) is 72.4 Å². The number of amides is 3. The van der Waals surface area contributed by atoms with E-state index in [0.717, 1.165) is 32.2 Å². The number of nitrogens with one attached hydrogen (secondary N) is 2. The maximum absolute atomic E-state index is 12.4. The quantitative estimate of drug-likeness (QED) is 0.792. The molecular formula is C17H33N3O2. The number of hydrogen-bond acceptors (Lipinski definition) is 2. The molecule has 0 aliphatic carbocycles. The van der Waals surface area contributed by atoms with E-state index in [1.807, 2.05) is 13.8 Å². The molecule has 1 fully saturated rings. The van der Waals surface area contributed by atoms with Crippen LogP contribution in [0.1, 0.15) is 60.3 Å². The average molecular weight is 311 g/mol. The maximum Gasteiger partial charge on any atom is 0.317 e. The minimum absolute atomic E-state index is 0.0552. The minimum Gasteiger partial charge on any atom is -0.353 e. The van der Waals surface area contributed by atoms with Crippen LogP contribution in [0.4, 0.5) is 4.79 Å². The van der Waals surface area contributed by atoms with Crippen LogP contribution >= 0.6 is 0 Å². The van der Waals surface area contributed by atoms with Gasteiger partial charge in [-0.15, -0.1) is 0 Å². The molecule has 1 rings (SSSR count). The first kappa shape index (κ1) is 18.8. The topological polar surface area (TPSA) is 61.4 Å². The number of urea groups is 1. The summed E-state index contributed by atoms with van der Waals surface area (Å²) in [5, 5.41) is 6.01. The van der Waals surface area contributed by atoms with Gasteiger partial charge >= 0.3 is 6.03 Å². The molecule has 1 saturated heterocycles. The van der Waals surface area contributed by atoms with Crippen LogP contribution in [0.15, 0.2) is 0 Å². The number of carbonyl (C=O) groups is 2. The summed E-state index contributed by atoms with van der Waals surface area (Å²) >= 11 is 0. The van der Waals surface area contributed by atoms with E-state index >= 15 is 0 Å². The predicted octanol–water partition coefficient (Wildman–Crippen LogP) is 2.76. The zero-order valence-electron chi connectivity index (χ0n) is 14.8. The first-order valence-electron chi connectivity index (χ1n) is 8.65. The van der Waals surface area contributed by atoms with Gasteiger partial charge in [0.1, 0.15) is 0 Å². The van der Waals surface area contributed by atoms with E-state index in [0.29, 0.717) is 12.5 Å². The van der Waals surface area contributed by atoms with E-state index < -0.39 is 0 Å². The number of rotatable bonds is 6. The van der Waals surface area contributed by atoms with E-state index in [1.165, 1.54) is 0 Å². The van der Waals surface area contributed by atoms with Crippen LogP contribution in [-0.2, 0) is 4.79 Å². The van der Waals surface area contributed by atoms with E-state index in [4.69, 9.17) is 0 Å². The van der Waals surface area contributed by atoms with Crippen LogP contribution < -0.4 is 10.6 Å². The lowest BCUT2D eigenvalue weighted by Crippen LogP contribution is -2.51. The van der Waals surface area contributed by atoms with Crippen molar-refractivity contribution in [2.75, 3.05) is 13.1 Å². The SMILES string of the molecule is CC(C)CC[C@H](C)NC(=O)[C@@H]1CCCN(C(=O)NC(C)C)C1. The highest BCUT2D eigenvalue weighted by Gasteiger charge is 2.29. The Kier molecular flexibility index (Phi) is 7.69. The number of likely N-dealkylation sites (tertiary alicyclic amines) is 1. The molecule has 0 aromatic rings. The fraction of sp³-hybridized carbons (Fsp3) is 0.882. The van der Waals surface area contributed by atoms with Crippen molar-refractivity contribution < 1.29 is 9.59 Å². The molecule has 5 heteroatoms. The Morgan fingerprint density at radius 2 is 1.77 bits per heavy atom. The molecule has 2 atom stereocenters. The standard InChI is InChI=1S/C17H33N3O2/c1-12(2)8-9-14(5)19-16(21)15-7-6-10-20(11-15)17(22)18-13(3)4/h12-15H,6-11H2,1-5H3,(H,18,22)(H,19,21)/t14-,15+/m0/s1. The van der Waals surface area contributed by atoms with Gasteiger partial charge in [0.25, 0.3) is 0 Å². The third-order valence-electron chi connectivity index (χ3n) is 4.06. The first-order chi connectivity index (χ1) is 10.3. The van der Waals surface area contributed by atoms with Gasteiger partial charge in [0, 0.05) is 25.2 Å². The highest BCUT2D eigenvalue weighted by molar-refractivity contribution is 5.81. The number of carbonyl (C=O) groups excluding carboxylic acids is 2. The van der Waals surface area contributed by atoms with Crippen LogP contribution in [-0.4, -0.2) is 42.0 Å². The van der Waals surface area contributed by atoms with Crippen molar-refractivity contribution in [1.82, 2.24) is 15.5 Å². The third-order valence-corrected chi connectivity index (χ3v) is 4.06. The second-order valence-corrected chi connectivity index (χ2v) is 7.27. The lowest BCUT2D eigenvalue weighted by molar-refractivity contribution is -0.126. The van der Waals surface area contributed by atoms with Crippen LogP contribution in [0.3, 0.4) is 0 Å². The van der Waals surface area contributed by atoms with Gasteiger partial charge < -0.3 is 15.5 Å². The van der Waals surface area contributed by atoms with Crippen LogP contribution in [0.25, 0.3) is 0 Å². The summed E-state index contributed by atoms with van der Waals surface area (Å²) in [6, 6.07) is 0.271. The molecule has 2 N–H and O–H groups in total. The molecule has 22 heavy (non-hydrogen) atoms. The summed E-state index contributed by atoms with van der Waals surface area (Å²) in [4.78, 5) is 26.2. The van der Waals surface area contributed by atoms with Gasteiger partial charge in [-0.3, -0.25) is 4.79 Å². The molecule has 0 radical (unpaired) electrons. The van der Waals surface area contributed by atoms with Crippen molar-refractivity contribution in [3.63, 3.8) is 0 Å². The Labute approximate surface area is 135 Å². The largest absolute Gasteiger partial charge is 0.353 e. The van der Waals surface area contributed by atoms with Crippen molar-refractivity contribution in [3.8, 4) is 0 Å². The summed E-state index contributed by atoms with van der Waals surface area (Å²) in [6.45, 7) is 11.6. The molecule has 5 nitrogen and oxygen atoms in total. The lowest BCUT2D eigenvalue weighted by Gasteiger charge is -2.33. The van der Waals surface area contributed by atoms with Crippen molar-refractivity contribution in [3.05, 3.63) is 0 Å². The number of piperidine rings is 1. The van der Waals surface area contributed by atoms with E-state index in [1.54, 1.807) is 4.90 Å². The molecule has 0 aromatic carbocycles. The second kappa shape index (κ2) is 9.01. The molecule has 0 saturated carbocycles. The molecule has 0 spiro atoms. The predicted molar refractivity (Wildman–Crippen MR) is 89.6 cm³/mol. The van der Waals surface area contributed by atoms with Gasteiger partial charge in [-0.25, -0.2) is 4.79 Å². The molecule has 0 unspecified atom stereocenters. The molecular weight excluding hydrogens is 278 g/mol. The number of nitrogens with zero attached hydrogens (tertiary/aromatic N) is 1. The summed E-state index contributed by atoms with van der Waals surface area (Å²) in [5.74, 6) is 0.677. The fourth-order valence-corrected chi connectivity index (χ4v) is 2.73. The summed E-state index contributed by atoms with van der Waals surface area (Å²) in [6.07, 6.45) is 3.89. The monoisotopic (exact) mass is 311 g/mol. The van der Waals surface area contributed by atoms with Crippen molar-refractivity contribution >= 4 is 11.9 Å². The smallest absolute Gasteiger partial charge is 0.317 e. The molecule has 0 aromatic heterocycles. The maximum atomic E-state index is 12.4. The van der Waals surface area contributed by atoms with Gasteiger partial charge in [-0.2, -0.15) is 0 Å². The Bertz CT molecular complexity index is 369. The molecule has 1 heterocycles. The molecule has 1 aliphatic heterocycles. The van der Waals surface area contributed by atoms with E-state index in [-0.39, 0.29) is 29.9 Å². The Balaban J connectivity index is 2.43. The second-order valence-electron chi connectivity index (χ2n) is 7.27. The normalized spacial score (nSPS) is 20.1. The van der Waals surface area contributed by atoms with Gasteiger partial charge in [-0.1, -0.05) is 13.8 Å². The summed E-state index contributed by atoms with van der Waals surface area (Å²) in [5.41, 5.74) is 0. The summed E-state index contributed by atoms with van der Waals surface area (Å²) in [7, 11) is 0. The number of hydrogen-bond donors (Lipinski definition) is 2. The molecule has 128 valence electrons. The van der Waals surface area contributed by atoms with Crippen molar-refractivity contribution in [1.29, 1.82) is 0 Å². The minimum atomic E-state index is -0.0758. The fourth-order valence-electron chi connectivity index (χ4n) is 2.73. The van der Waals surface area contributed by atoms with Gasteiger partial charge in [-0.05, 0) is 52.4 Å². The summed E-state index contributed by atoms with van der Waals surface area (Å²) < 4.78 is 0. The van der Waals surface area contributed by atoms with E-state index in [2.05, 4.69) is 31.4 Å². The van der Waals surface area contributed by atoms with Crippen LogP contribution in [0.5, 0.6) is 0 Å². The van der Waals surface area contributed by atoms with Gasteiger partial charge in [0.05, 0.1) is 5.92 Å². The zero-order chi connectivity index (χ0) is 16.7. The van der Waals surface area contributed by atoms with Crippen LogP contribution in [0, 0.1) is 11.8 Å². The van der Waals surface area contributed by atoms with Crippen LogP contribution in [0.2, 0.25) is 0 Å². The Hall–Kier alpha value is -1.26. The van der Waals surface area contributed by atoms with Crippen molar-refractivity contribution in [2.24, 2.45) is 11.8 Å². The average Bonchev–Trinajstić information content (AvgIpc) is 2.44. The zero-order valence-corrected chi connectivity index (χ0v) is 14.8. The Morgan fingerprint density at radius 1 is 1.09 bits per heavy atom. The molecule has 3 amide bonds. The van der Waals surface area contributed by atoms with Gasteiger partial charge in [0.15, 0.2) is 0 Å². The highest BCUT2D eigenvalue weighted by Crippen LogP contribution is 2.17.